The van der Waals surface area contributed by atoms with Crippen molar-refractivity contribution in [3.63, 3.8) is 0 Å². The van der Waals surface area contributed by atoms with Crippen molar-refractivity contribution in [2.75, 3.05) is 13.7 Å². The number of rotatable bonds is 4. The second-order valence-corrected chi connectivity index (χ2v) is 5.80. The lowest BCUT2D eigenvalue weighted by Gasteiger charge is -2.21. The Hall–Kier alpha value is -2.22. The van der Waals surface area contributed by atoms with Crippen LogP contribution in [-0.2, 0) is 4.74 Å². The summed E-state index contributed by atoms with van der Waals surface area (Å²) in [6, 6.07) is 1.64. The summed E-state index contributed by atoms with van der Waals surface area (Å²) < 4.78 is 5.41. The van der Waals surface area contributed by atoms with Crippen LogP contribution in [0.1, 0.15) is 54.2 Å². The highest BCUT2D eigenvalue weighted by Crippen LogP contribution is 2.32. The lowest BCUT2D eigenvalue weighted by atomic mass is 10.1. The maximum Gasteiger partial charge on any atom is 0.275 e. The van der Waals surface area contributed by atoms with Gasteiger partial charge in [-0.05, 0) is 12.0 Å². The third-order valence-corrected chi connectivity index (χ3v) is 4.04. The summed E-state index contributed by atoms with van der Waals surface area (Å²) >= 11 is 0. The molecule has 0 spiro atoms. The number of hydrogen-bond donors (Lipinski definition) is 2. The van der Waals surface area contributed by atoms with Crippen LogP contribution in [0.15, 0.2) is 12.4 Å². The molecule has 8 nitrogen and oxygen atoms in total. The van der Waals surface area contributed by atoms with Gasteiger partial charge >= 0.3 is 0 Å². The minimum atomic E-state index is -0.167. The van der Waals surface area contributed by atoms with Gasteiger partial charge in [0.05, 0.1) is 12.1 Å². The molecule has 3 rings (SSSR count). The summed E-state index contributed by atoms with van der Waals surface area (Å²) in [5.74, 6) is 0.848. The minimum absolute atomic E-state index is 0.0115. The van der Waals surface area contributed by atoms with Crippen LogP contribution in [0, 0.1) is 0 Å². The number of likely N-dealkylation sites (tertiary alicyclic amines) is 1. The fraction of sp³-hybridized carbons (Fsp3) is 0.571. The Kier molecular flexibility index (Phi) is 3.93. The zero-order valence-corrected chi connectivity index (χ0v) is 12.9. The first-order chi connectivity index (χ1) is 10.6. The Morgan fingerprint density at radius 1 is 1.45 bits per heavy atom. The molecular formula is C14H20N6O2. The summed E-state index contributed by atoms with van der Waals surface area (Å²) in [5.41, 5.74) is 1.37. The lowest BCUT2D eigenvalue weighted by Crippen LogP contribution is -2.32. The summed E-state index contributed by atoms with van der Waals surface area (Å²) in [6.07, 6.45) is 2.13. The van der Waals surface area contributed by atoms with E-state index >= 15 is 0 Å². The zero-order chi connectivity index (χ0) is 15.7. The zero-order valence-electron chi connectivity index (χ0n) is 12.9. The second-order valence-electron chi connectivity index (χ2n) is 5.80. The Morgan fingerprint density at radius 2 is 2.27 bits per heavy atom. The Morgan fingerprint density at radius 3 is 2.86 bits per heavy atom. The van der Waals surface area contributed by atoms with Crippen molar-refractivity contribution in [1.82, 2.24) is 30.3 Å². The number of ether oxygens (including phenoxy) is 1. The number of aromatic nitrogens is 5. The smallest absolute Gasteiger partial charge is 0.275 e. The number of H-pyrrole nitrogens is 2. The van der Waals surface area contributed by atoms with Crippen LogP contribution < -0.4 is 0 Å². The molecule has 0 radical (unpaired) electrons. The average molecular weight is 304 g/mol. The Labute approximate surface area is 128 Å². The summed E-state index contributed by atoms with van der Waals surface area (Å²) in [4.78, 5) is 18.7. The molecule has 0 saturated carbocycles. The van der Waals surface area contributed by atoms with Gasteiger partial charge in [-0.15, -0.1) is 0 Å². The number of nitrogens with zero attached hydrogens (tertiary/aromatic N) is 4. The van der Waals surface area contributed by atoms with Gasteiger partial charge in [-0.1, -0.05) is 13.8 Å². The monoisotopic (exact) mass is 304 g/mol. The Bertz CT molecular complexity index is 636. The normalized spacial score (nSPS) is 21.7. The van der Waals surface area contributed by atoms with E-state index in [1.807, 2.05) is 6.07 Å². The van der Waals surface area contributed by atoms with Gasteiger partial charge in [0.25, 0.3) is 5.91 Å². The van der Waals surface area contributed by atoms with Gasteiger partial charge in [0, 0.05) is 25.8 Å². The highest BCUT2D eigenvalue weighted by atomic mass is 16.5. The highest BCUT2D eigenvalue weighted by Gasteiger charge is 2.39. The van der Waals surface area contributed by atoms with Crippen molar-refractivity contribution in [1.29, 1.82) is 0 Å². The minimum Gasteiger partial charge on any atom is -0.380 e. The van der Waals surface area contributed by atoms with Crippen molar-refractivity contribution in [3.05, 3.63) is 29.6 Å². The van der Waals surface area contributed by atoms with Crippen molar-refractivity contribution in [2.24, 2.45) is 0 Å². The quantitative estimate of drug-likeness (QED) is 0.885. The third kappa shape index (κ3) is 2.61. The van der Waals surface area contributed by atoms with E-state index in [9.17, 15) is 4.79 Å². The fourth-order valence-electron chi connectivity index (χ4n) is 2.72. The van der Waals surface area contributed by atoms with Gasteiger partial charge in [0.2, 0.25) is 0 Å². The first-order valence-electron chi connectivity index (χ1n) is 7.34. The molecule has 0 aliphatic carbocycles. The van der Waals surface area contributed by atoms with Crippen LogP contribution in [-0.4, -0.2) is 55.9 Å². The van der Waals surface area contributed by atoms with Gasteiger partial charge < -0.3 is 9.64 Å². The van der Waals surface area contributed by atoms with E-state index in [0.717, 1.165) is 5.69 Å². The number of methoxy groups -OCH3 is 1. The molecule has 2 N–H and O–H groups in total. The van der Waals surface area contributed by atoms with E-state index in [1.165, 1.54) is 6.33 Å². The molecule has 1 amide bonds. The van der Waals surface area contributed by atoms with Gasteiger partial charge in [-0.25, -0.2) is 4.98 Å². The second kappa shape index (κ2) is 5.88. The van der Waals surface area contributed by atoms with Crippen molar-refractivity contribution >= 4 is 5.91 Å². The van der Waals surface area contributed by atoms with E-state index in [2.05, 4.69) is 39.2 Å². The summed E-state index contributed by atoms with van der Waals surface area (Å²) in [5, 5.41) is 13.8. The van der Waals surface area contributed by atoms with Gasteiger partial charge in [-0.3, -0.25) is 15.0 Å². The molecule has 22 heavy (non-hydrogen) atoms. The van der Waals surface area contributed by atoms with Gasteiger partial charge in [-0.2, -0.15) is 10.2 Å². The molecule has 1 saturated heterocycles. The van der Waals surface area contributed by atoms with Crippen LogP contribution in [0.3, 0.4) is 0 Å². The standard InChI is InChI=1S/C14H20N6O2/c1-8(2)10-5-11(18-17-10)14(21)20-6-9(22-3)4-12(20)13-15-7-16-19-13/h5,7-9,12H,4,6H2,1-3H3,(H,17,18)(H,15,16,19)/t9-,12+/m1/s1. The predicted octanol–water partition coefficient (Wildman–Crippen LogP) is 1.25. The van der Waals surface area contributed by atoms with E-state index in [0.29, 0.717) is 30.4 Å². The van der Waals surface area contributed by atoms with Gasteiger partial charge in [0.1, 0.15) is 17.8 Å². The van der Waals surface area contributed by atoms with Crippen LogP contribution in [0.2, 0.25) is 0 Å². The SMILES string of the molecule is CO[C@@H]1C[C@@H](c2ncn[nH]2)N(C(=O)c2cc(C(C)C)[nH]n2)C1. The van der Waals surface area contributed by atoms with E-state index in [-0.39, 0.29) is 18.1 Å². The highest BCUT2D eigenvalue weighted by molar-refractivity contribution is 5.93. The van der Waals surface area contributed by atoms with E-state index in [4.69, 9.17) is 4.74 Å². The maximum absolute atomic E-state index is 12.8. The number of hydrogen-bond acceptors (Lipinski definition) is 5. The molecule has 118 valence electrons. The average Bonchev–Trinajstić information content (AvgIpc) is 3.24. The topological polar surface area (TPSA) is 99.8 Å². The molecule has 0 unspecified atom stereocenters. The molecule has 1 aliphatic rings. The van der Waals surface area contributed by atoms with Crippen molar-refractivity contribution < 1.29 is 9.53 Å². The third-order valence-electron chi connectivity index (χ3n) is 4.04. The molecule has 2 atom stereocenters. The molecule has 8 heteroatoms. The number of nitrogens with one attached hydrogen (secondary N) is 2. The van der Waals surface area contributed by atoms with Crippen molar-refractivity contribution in [3.8, 4) is 0 Å². The van der Waals surface area contributed by atoms with Crippen LogP contribution in [0.4, 0.5) is 0 Å². The van der Waals surface area contributed by atoms with Crippen LogP contribution in [0.25, 0.3) is 0 Å². The summed E-state index contributed by atoms with van der Waals surface area (Å²) in [6.45, 7) is 4.62. The van der Waals surface area contributed by atoms with Crippen LogP contribution in [0.5, 0.6) is 0 Å². The number of carbonyl (C=O) groups is 1. The number of aromatic amines is 2. The van der Waals surface area contributed by atoms with Gasteiger partial charge in [0.15, 0.2) is 0 Å². The molecule has 0 aromatic carbocycles. The van der Waals surface area contributed by atoms with E-state index in [1.54, 1.807) is 12.0 Å². The number of carbonyl (C=O) groups excluding carboxylic acids is 1. The molecule has 1 aliphatic heterocycles. The molecule has 3 heterocycles. The molecule has 1 fully saturated rings. The lowest BCUT2D eigenvalue weighted by molar-refractivity contribution is 0.0678. The molecular weight excluding hydrogens is 284 g/mol. The summed E-state index contributed by atoms with van der Waals surface area (Å²) in [7, 11) is 1.65. The maximum atomic E-state index is 12.8. The Balaban J connectivity index is 1.85. The first-order valence-corrected chi connectivity index (χ1v) is 7.34. The predicted molar refractivity (Wildman–Crippen MR) is 78.3 cm³/mol. The van der Waals surface area contributed by atoms with Crippen molar-refractivity contribution in [2.45, 2.75) is 38.3 Å². The molecule has 2 aromatic rings. The largest absolute Gasteiger partial charge is 0.380 e. The number of amides is 1. The fourth-order valence-corrected chi connectivity index (χ4v) is 2.72. The molecule has 0 bridgehead atoms. The first kappa shape index (κ1) is 14.7. The van der Waals surface area contributed by atoms with Crippen LogP contribution >= 0.6 is 0 Å². The van der Waals surface area contributed by atoms with E-state index < -0.39 is 0 Å². The molecule has 2 aromatic heterocycles.